The van der Waals surface area contributed by atoms with E-state index in [2.05, 4.69) is 35.9 Å². The monoisotopic (exact) mass is 417 g/mol. The molecule has 0 aromatic carbocycles. The molecule has 2 bridgehead atoms. The van der Waals surface area contributed by atoms with Gasteiger partial charge in [-0.1, -0.05) is 31.9 Å². The van der Waals surface area contributed by atoms with E-state index in [4.69, 9.17) is 4.74 Å². The predicted octanol–water partition coefficient (Wildman–Crippen LogP) is 1.53. The Kier molecular flexibility index (Phi) is 6.58. The van der Waals surface area contributed by atoms with Gasteiger partial charge in [0, 0.05) is 39.1 Å². The van der Waals surface area contributed by atoms with Crippen molar-refractivity contribution in [3.8, 4) is 0 Å². The van der Waals surface area contributed by atoms with Crippen LogP contribution in [0.2, 0.25) is 0 Å². The van der Waals surface area contributed by atoms with Crippen molar-refractivity contribution in [2.45, 2.75) is 45.1 Å². The fourth-order valence-corrected chi connectivity index (χ4v) is 5.56. The van der Waals surface area contributed by atoms with Crippen molar-refractivity contribution in [3.63, 3.8) is 0 Å². The minimum atomic E-state index is -0.458. The van der Waals surface area contributed by atoms with Crippen molar-refractivity contribution >= 4 is 17.8 Å². The molecule has 0 spiro atoms. The number of hydrogen-bond acceptors (Lipinski definition) is 6. The van der Waals surface area contributed by atoms with Crippen LogP contribution in [0.15, 0.2) is 12.2 Å². The maximum Gasteiger partial charge on any atom is 0.306 e. The summed E-state index contributed by atoms with van der Waals surface area (Å²) in [6, 6.07) is 0. The zero-order valence-electron chi connectivity index (χ0n) is 18.3. The Hall–Kier alpha value is -1.73. The largest absolute Gasteiger partial charge is 0.459 e. The van der Waals surface area contributed by atoms with Crippen LogP contribution in [0.1, 0.15) is 39.0 Å². The lowest BCUT2D eigenvalue weighted by molar-refractivity contribution is -0.156. The predicted molar refractivity (Wildman–Crippen MR) is 112 cm³/mol. The number of fused-ring (bicyclic) bond motifs is 5. The van der Waals surface area contributed by atoms with Gasteiger partial charge in [-0.2, -0.15) is 0 Å². The van der Waals surface area contributed by atoms with Gasteiger partial charge in [0.25, 0.3) is 0 Å². The third kappa shape index (κ3) is 4.33. The van der Waals surface area contributed by atoms with Crippen molar-refractivity contribution in [2.24, 2.45) is 23.7 Å². The number of hydrogen-bond donors (Lipinski definition) is 0. The average molecular weight is 418 g/mol. The highest BCUT2D eigenvalue weighted by Crippen LogP contribution is 2.52. The zero-order chi connectivity index (χ0) is 21.3. The zero-order valence-corrected chi connectivity index (χ0v) is 18.3. The third-order valence-corrected chi connectivity index (χ3v) is 7.29. The molecule has 30 heavy (non-hydrogen) atoms. The number of likely N-dealkylation sites (N-methyl/N-ethyl adjacent to an activating group) is 1. The van der Waals surface area contributed by atoms with Crippen LogP contribution in [0.4, 0.5) is 0 Å². The van der Waals surface area contributed by atoms with Crippen LogP contribution < -0.4 is 0 Å². The number of allylic oxidation sites excluding steroid dienone is 2. The van der Waals surface area contributed by atoms with Crippen LogP contribution >= 0.6 is 0 Å². The molecule has 2 amide bonds. The molecule has 7 nitrogen and oxygen atoms in total. The molecule has 5 unspecified atom stereocenters. The minimum absolute atomic E-state index is 0.0627. The molecule has 0 N–H and O–H groups in total. The maximum absolute atomic E-state index is 13.1. The lowest BCUT2D eigenvalue weighted by Gasteiger charge is -2.35. The van der Waals surface area contributed by atoms with E-state index in [1.165, 1.54) is 4.90 Å². The van der Waals surface area contributed by atoms with Crippen LogP contribution in [-0.2, 0) is 19.1 Å². The summed E-state index contributed by atoms with van der Waals surface area (Å²) in [7, 11) is 2.10. The minimum Gasteiger partial charge on any atom is -0.459 e. The molecule has 7 heteroatoms. The summed E-state index contributed by atoms with van der Waals surface area (Å²) in [5, 5.41) is 0. The Morgan fingerprint density at radius 2 is 1.67 bits per heavy atom. The van der Waals surface area contributed by atoms with E-state index in [9.17, 15) is 14.4 Å². The topological polar surface area (TPSA) is 70.2 Å². The van der Waals surface area contributed by atoms with Crippen molar-refractivity contribution in [2.75, 3.05) is 46.3 Å². The van der Waals surface area contributed by atoms with Gasteiger partial charge in [0.05, 0.1) is 18.4 Å². The molecule has 2 saturated heterocycles. The van der Waals surface area contributed by atoms with Gasteiger partial charge in [-0.3, -0.25) is 24.2 Å². The van der Waals surface area contributed by atoms with E-state index < -0.39 is 6.10 Å². The van der Waals surface area contributed by atoms with E-state index in [1.54, 1.807) is 0 Å². The first-order valence-electron chi connectivity index (χ1n) is 11.6. The fraction of sp³-hybridized carbons (Fsp3) is 0.783. The first-order chi connectivity index (χ1) is 14.5. The summed E-state index contributed by atoms with van der Waals surface area (Å²) in [4.78, 5) is 44.5. The van der Waals surface area contributed by atoms with Crippen LogP contribution in [-0.4, -0.2) is 84.9 Å². The Bertz CT molecular complexity index is 671. The standard InChI is InChI=1S/C23H35N3O4/c1-3-4-5-6-19(27)30-18(14-25-11-9-24(2)10-12-25)15-26-22(28)20-16-7-8-17(13-16)21(20)23(26)29/h7-8,16-18,20-21H,3-6,9-15H2,1-2H3. The van der Waals surface area contributed by atoms with Crippen molar-refractivity contribution in [3.05, 3.63) is 12.2 Å². The highest BCUT2D eigenvalue weighted by molar-refractivity contribution is 6.06. The Morgan fingerprint density at radius 1 is 1.03 bits per heavy atom. The second kappa shape index (κ2) is 9.18. The Balaban J connectivity index is 1.40. The molecular formula is C23H35N3O4. The highest BCUT2D eigenvalue weighted by atomic mass is 16.5. The van der Waals surface area contributed by atoms with Crippen molar-refractivity contribution in [1.82, 2.24) is 14.7 Å². The summed E-state index contributed by atoms with van der Waals surface area (Å²) in [5.74, 6) is -0.333. The molecule has 2 aliphatic heterocycles. The molecule has 166 valence electrons. The van der Waals surface area contributed by atoms with Gasteiger partial charge in [0.1, 0.15) is 6.10 Å². The molecule has 4 rings (SSSR count). The van der Waals surface area contributed by atoms with Gasteiger partial charge in [-0.15, -0.1) is 0 Å². The summed E-state index contributed by atoms with van der Waals surface area (Å²) >= 11 is 0. The molecular weight excluding hydrogens is 382 g/mol. The van der Waals surface area contributed by atoms with Crippen LogP contribution in [0, 0.1) is 23.7 Å². The fourth-order valence-electron chi connectivity index (χ4n) is 5.56. The third-order valence-electron chi connectivity index (χ3n) is 7.29. The van der Waals surface area contributed by atoms with Gasteiger partial charge in [0.2, 0.25) is 11.8 Å². The van der Waals surface area contributed by atoms with Crippen LogP contribution in [0.3, 0.4) is 0 Å². The molecule has 0 aromatic heterocycles. The molecule has 3 fully saturated rings. The number of imide groups is 1. The van der Waals surface area contributed by atoms with Crippen molar-refractivity contribution in [1.29, 1.82) is 0 Å². The molecule has 2 heterocycles. The number of unbranched alkanes of at least 4 members (excludes halogenated alkanes) is 2. The summed E-state index contributed by atoms with van der Waals surface area (Å²) < 4.78 is 5.82. The first-order valence-corrected chi connectivity index (χ1v) is 11.6. The summed E-state index contributed by atoms with van der Waals surface area (Å²) in [6.45, 7) is 6.62. The average Bonchev–Trinajstić information content (AvgIpc) is 3.40. The van der Waals surface area contributed by atoms with Gasteiger partial charge in [-0.25, -0.2) is 0 Å². The number of carbonyl (C=O) groups is 3. The van der Waals surface area contributed by atoms with Gasteiger partial charge in [-0.05, 0) is 31.7 Å². The van der Waals surface area contributed by atoms with E-state index in [-0.39, 0.29) is 48.0 Å². The number of rotatable bonds is 9. The highest BCUT2D eigenvalue weighted by Gasteiger charge is 2.59. The molecule has 4 aliphatic rings. The number of amides is 2. The quantitative estimate of drug-likeness (QED) is 0.245. The van der Waals surface area contributed by atoms with E-state index >= 15 is 0 Å². The number of esters is 1. The van der Waals surface area contributed by atoms with Crippen LogP contribution in [0.25, 0.3) is 0 Å². The van der Waals surface area contributed by atoms with Gasteiger partial charge >= 0.3 is 5.97 Å². The number of likely N-dealkylation sites (tertiary alicyclic amines) is 1. The number of carbonyl (C=O) groups excluding carboxylic acids is 3. The lowest BCUT2D eigenvalue weighted by atomic mass is 9.85. The maximum atomic E-state index is 13.1. The molecule has 0 radical (unpaired) electrons. The second-order valence-electron chi connectivity index (χ2n) is 9.46. The number of nitrogens with zero attached hydrogens (tertiary/aromatic N) is 3. The number of ether oxygens (including phenoxy) is 1. The van der Waals surface area contributed by atoms with Gasteiger partial charge in [0.15, 0.2) is 0 Å². The molecule has 1 saturated carbocycles. The molecule has 5 atom stereocenters. The first kappa shape index (κ1) is 21.5. The summed E-state index contributed by atoms with van der Waals surface area (Å²) in [6.07, 6.45) is 7.95. The smallest absolute Gasteiger partial charge is 0.306 e. The van der Waals surface area contributed by atoms with Crippen LogP contribution in [0.5, 0.6) is 0 Å². The Morgan fingerprint density at radius 3 is 2.27 bits per heavy atom. The SMILES string of the molecule is CCCCCC(=O)OC(CN1CCN(C)CC1)CN1C(=O)C2C3C=CC(C3)C2C1=O. The normalized spacial score (nSPS) is 32.1. The number of piperazine rings is 1. The Labute approximate surface area is 179 Å². The molecule has 2 aliphatic carbocycles. The second-order valence-corrected chi connectivity index (χ2v) is 9.46. The molecule has 0 aromatic rings. The summed E-state index contributed by atoms with van der Waals surface area (Å²) in [5.41, 5.74) is 0. The van der Waals surface area contributed by atoms with Gasteiger partial charge < -0.3 is 9.64 Å². The van der Waals surface area contributed by atoms with Crippen molar-refractivity contribution < 1.29 is 19.1 Å². The van der Waals surface area contributed by atoms with E-state index in [0.29, 0.717) is 13.0 Å². The lowest BCUT2D eigenvalue weighted by Crippen LogP contribution is -2.50. The van der Waals surface area contributed by atoms with E-state index in [1.807, 2.05) is 0 Å². The van der Waals surface area contributed by atoms with E-state index in [0.717, 1.165) is 51.9 Å².